The third-order valence-corrected chi connectivity index (χ3v) is 7.34. The van der Waals surface area contributed by atoms with Crippen LogP contribution in [0.5, 0.6) is 0 Å². The number of hydrogen-bond donors (Lipinski definition) is 1. The molecule has 1 saturated heterocycles. The molecule has 5 heteroatoms. The number of carbonyl (C=O) groups excluding carboxylic acids is 1. The first-order valence-corrected chi connectivity index (χ1v) is 11.8. The van der Waals surface area contributed by atoms with E-state index in [-0.39, 0.29) is 5.78 Å². The summed E-state index contributed by atoms with van der Waals surface area (Å²) in [5.41, 5.74) is 5.19. The molecule has 2 aromatic carbocycles. The Labute approximate surface area is 182 Å². The van der Waals surface area contributed by atoms with Gasteiger partial charge in [0.1, 0.15) is 5.52 Å². The number of piperidine rings is 1. The number of nitrogens with one attached hydrogen (secondary N) is 1. The molecular weight excluding hydrogens is 386 g/mol. The van der Waals surface area contributed by atoms with E-state index in [1.807, 2.05) is 24.3 Å². The van der Waals surface area contributed by atoms with Crippen LogP contribution in [0, 0.1) is 5.92 Å². The number of carbonyl (C=O) groups is 1. The number of rotatable bonds is 3. The highest BCUT2D eigenvalue weighted by Crippen LogP contribution is 2.46. The average molecular weight is 416 g/mol. The Kier molecular flexibility index (Phi) is 4.51. The minimum absolute atomic E-state index is 0.0770. The maximum atomic E-state index is 13.7. The van der Waals surface area contributed by atoms with Crippen molar-refractivity contribution in [2.75, 3.05) is 23.3 Å². The van der Waals surface area contributed by atoms with E-state index >= 15 is 0 Å². The van der Waals surface area contributed by atoms with Gasteiger partial charge in [-0.2, -0.15) is 0 Å². The highest BCUT2D eigenvalue weighted by molar-refractivity contribution is 6.28. The molecule has 2 heterocycles. The number of benzene rings is 2. The quantitative estimate of drug-likeness (QED) is 0.443. The zero-order valence-corrected chi connectivity index (χ0v) is 18.1. The van der Waals surface area contributed by atoms with Gasteiger partial charge in [-0.05, 0) is 37.7 Å². The summed E-state index contributed by atoms with van der Waals surface area (Å²) in [7, 11) is 0. The Balaban J connectivity index is 1.56. The maximum Gasteiger partial charge on any atom is 0.196 e. The van der Waals surface area contributed by atoms with E-state index in [0.717, 1.165) is 65.1 Å². The highest BCUT2D eigenvalue weighted by Gasteiger charge is 2.34. The molecule has 2 aliphatic carbocycles. The van der Waals surface area contributed by atoms with Crippen LogP contribution in [0.1, 0.15) is 67.8 Å². The van der Waals surface area contributed by atoms with Gasteiger partial charge in [0.2, 0.25) is 0 Å². The minimum atomic E-state index is 0.0770. The van der Waals surface area contributed by atoms with Crippen LogP contribution in [0.3, 0.4) is 0 Å². The molecule has 0 bridgehead atoms. The van der Waals surface area contributed by atoms with Crippen molar-refractivity contribution < 1.29 is 9.32 Å². The van der Waals surface area contributed by atoms with Gasteiger partial charge in [0.25, 0.3) is 0 Å². The first-order valence-electron chi connectivity index (χ1n) is 11.8. The fourth-order valence-electron chi connectivity index (χ4n) is 5.77. The monoisotopic (exact) mass is 415 g/mol. The lowest BCUT2D eigenvalue weighted by atomic mass is 9.85. The van der Waals surface area contributed by atoms with Crippen LogP contribution >= 0.6 is 0 Å². The molecule has 0 spiro atoms. The lowest BCUT2D eigenvalue weighted by molar-refractivity contribution is 0.104. The first-order chi connectivity index (χ1) is 15.2. The number of hydrogen-bond acceptors (Lipinski definition) is 5. The van der Waals surface area contributed by atoms with Crippen LogP contribution < -0.4 is 10.2 Å². The topological polar surface area (TPSA) is 58.4 Å². The van der Waals surface area contributed by atoms with Crippen molar-refractivity contribution in [3.8, 4) is 11.3 Å². The Hall–Kier alpha value is -2.82. The average Bonchev–Trinajstić information content (AvgIpc) is 3.24. The number of fused-ring (bicyclic) bond motifs is 2. The molecule has 2 fully saturated rings. The zero-order valence-electron chi connectivity index (χ0n) is 18.1. The molecule has 0 unspecified atom stereocenters. The van der Waals surface area contributed by atoms with Crippen molar-refractivity contribution in [1.29, 1.82) is 0 Å². The van der Waals surface area contributed by atoms with Crippen molar-refractivity contribution in [1.82, 2.24) is 5.16 Å². The third kappa shape index (κ3) is 3.05. The standard InChI is InChI=1S/C26H29N3O2/c1-16-8-7-13-29(15-16)21-14-20(27-17-9-3-2-4-10-17)22-23-24(21)28-31-26(23)19-12-6-5-11-18(19)25(22)30/h5-6,11-12,14,16-17,27H,2-4,7-10,13,15H2,1H3/t16-/m1/s1. The van der Waals surface area contributed by atoms with E-state index in [9.17, 15) is 4.79 Å². The predicted molar refractivity (Wildman–Crippen MR) is 124 cm³/mol. The van der Waals surface area contributed by atoms with Gasteiger partial charge in [-0.3, -0.25) is 4.79 Å². The second-order valence-electron chi connectivity index (χ2n) is 9.60. The second kappa shape index (κ2) is 7.40. The van der Waals surface area contributed by atoms with Gasteiger partial charge >= 0.3 is 0 Å². The van der Waals surface area contributed by atoms with E-state index < -0.39 is 0 Å². The molecule has 6 rings (SSSR count). The van der Waals surface area contributed by atoms with E-state index in [1.54, 1.807) is 0 Å². The summed E-state index contributed by atoms with van der Waals surface area (Å²) in [6.07, 6.45) is 8.58. The zero-order chi connectivity index (χ0) is 20.9. The van der Waals surface area contributed by atoms with Gasteiger partial charge in [-0.25, -0.2) is 0 Å². The molecule has 3 aromatic rings. The van der Waals surface area contributed by atoms with Gasteiger partial charge in [0.05, 0.1) is 16.6 Å². The van der Waals surface area contributed by atoms with Crippen molar-refractivity contribution in [3.05, 3.63) is 41.5 Å². The van der Waals surface area contributed by atoms with Crippen LogP contribution in [-0.4, -0.2) is 30.1 Å². The number of ketones is 1. The molecular formula is C26H29N3O2. The van der Waals surface area contributed by atoms with Gasteiger partial charge < -0.3 is 14.7 Å². The van der Waals surface area contributed by atoms with Gasteiger partial charge in [-0.15, -0.1) is 0 Å². The molecule has 1 atom stereocenters. The Morgan fingerprint density at radius 1 is 1.06 bits per heavy atom. The lowest BCUT2D eigenvalue weighted by Gasteiger charge is -2.34. The molecule has 1 aromatic heterocycles. The van der Waals surface area contributed by atoms with Gasteiger partial charge in [0.15, 0.2) is 11.5 Å². The molecule has 1 aliphatic heterocycles. The van der Waals surface area contributed by atoms with Crippen molar-refractivity contribution >= 4 is 28.1 Å². The van der Waals surface area contributed by atoms with Crippen LogP contribution in [0.4, 0.5) is 11.4 Å². The molecule has 31 heavy (non-hydrogen) atoms. The summed E-state index contributed by atoms with van der Waals surface area (Å²) in [5.74, 6) is 1.46. The molecule has 5 nitrogen and oxygen atoms in total. The summed E-state index contributed by atoms with van der Waals surface area (Å²) in [4.78, 5) is 16.1. The summed E-state index contributed by atoms with van der Waals surface area (Å²) in [5, 5.41) is 9.18. The number of nitrogens with zero attached hydrogens (tertiary/aromatic N) is 2. The molecule has 160 valence electrons. The molecule has 1 N–H and O–H groups in total. The fourth-order valence-corrected chi connectivity index (χ4v) is 5.77. The van der Waals surface area contributed by atoms with E-state index in [4.69, 9.17) is 4.52 Å². The normalized spacial score (nSPS) is 21.4. The van der Waals surface area contributed by atoms with E-state index in [1.165, 1.54) is 32.1 Å². The number of aromatic nitrogens is 1. The third-order valence-electron chi connectivity index (χ3n) is 7.34. The second-order valence-corrected chi connectivity index (χ2v) is 9.60. The smallest absolute Gasteiger partial charge is 0.196 e. The van der Waals surface area contributed by atoms with Crippen molar-refractivity contribution in [3.63, 3.8) is 0 Å². The fraction of sp³-hybridized carbons (Fsp3) is 0.462. The van der Waals surface area contributed by atoms with Crippen molar-refractivity contribution in [2.45, 2.75) is 57.9 Å². The molecule has 3 aliphatic rings. The minimum Gasteiger partial charge on any atom is -0.382 e. The summed E-state index contributed by atoms with van der Waals surface area (Å²) in [6.45, 7) is 4.36. The summed E-state index contributed by atoms with van der Waals surface area (Å²) in [6, 6.07) is 10.4. The molecule has 0 amide bonds. The maximum absolute atomic E-state index is 13.7. The predicted octanol–water partition coefficient (Wildman–Crippen LogP) is 6.02. The van der Waals surface area contributed by atoms with Gasteiger partial charge in [-0.1, -0.05) is 55.6 Å². The van der Waals surface area contributed by atoms with E-state index in [2.05, 4.69) is 28.4 Å². The lowest BCUT2D eigenvalue weighted by Crippen LogP contribution is -2.34. The van der Waals surface area contributed by atoms with Crippen LogP contribution in [0.2, 0.25) is 0 Å². The summed E-state index contributed by atoms with van der Waals surface area (Å²) >= 11 is 0. The Bertz CT molecular complexity index is 1160. The van der Waals surface area contributed by atoms with E-state index in [0.29, 0.717) is 17.5 Å². The van der Waals surface area contributed by atoms with Crippen molar-refractivity contribution in [2.24, 2.45) is 5.92 Å². The van der Waals surface area contributed by atoms with Crippen LogP contribution in [-0.2, 0) is 0 Å². The SMILES string of the molecule is C[C@@H]1CCCN(c2cc(NC3CCCCC3)c3c4c(onc24)-c2ccccc2C3=O)C1. The first kappa shape index (κ1) is 18.9. The highest BCUT2D eigenvalue weighted by atomic mass is 16.5. The molecule has 1 saturated carbocycles. The number of anilines is 2. The van der Waals surface area contributed by atoms with Crippen LogP contribution in [0.25, 0.3) is 22.2 Å². The summed E-state index contributed by atoms with van der Waals surface area (Å²) < 4.78 is 5.92. The largest absolute Gasteiger partial charge is 0.382 e. The Morgan fingerprint density at radius 2 is 1.87 bits per heavy atom. The van der Waals surface area contributed by atoms with Crippen LogP contribution in [0.15, 0.2) is 34.9 Å². The van der Waals surface area contributed by atoms with Gasteiger partial charge in [0, 0.05) is 35.9 Å². The Morgan fingerprint density at radius 3 is 2.68 bits per heavy atom. The molecule has 0 radical (unpaired) electrons.